The van der Waals surface area contributed by atoms with Crippen LogP contribution in [-0.2, 0) is 4.79 Å². The number of benzene rings is 2. The summed E-state index contributed by atoms with van der Waals surface area (Å²) in [5.74, 6) is -0.161. The number of hydrogen-bond donors (Lipinski definition) is 2. The van der Waals surface area contributed by atoms with Gasteiger partial charge in [0.25, 0.3) is 5.91 Å². The SMILES string of the molecule is Cc1cccc(NC(=O)CNc2ccc(C(=O)N(C)C)cc2)c1C. The largest absolute Gasteiger partial charge is 0.376 e. The molecule has 0 aliphatic heterocycles. The van der Waals surface area contributed by atoms with E-state index in [4.69, 9.17) is 0 Å². The first-order chi connectivity index (χ1) is 11.4. The van der Waals surface area contributed by atoms with Crippen molar-refractivity contribution in [3.63, 3.8) is 0 Å². The third-order valence-corrected chi connectivity index (χ3v) is 3.87. The lowest BCUT2D eigenvalue weighted by Gasteiger charge is -2.12. The maximum atomic E-state index is 12.1. The Morgan fingerprint density at radius 2 is 1.67 bits per heavy atom. The first-order valence-corrected chi connectivity index (χ1v) is 7.80. The van der Waals surface area contributed by atoms with Crippen molar-refractivity contribution in [2.75, 3.05) is 31.3 Å². The van der Waals surface area contributed by atoms with Crippen molar-refractivity contribution < 1.29 is 9.59 Å². The van der Waals surface area contributed by atoms with Crippen LogP contribution in [0.1, 0.15) is 21.5 Å². The van der Waals surface area contributed by atoms with Crippen LogP contribution in [0.5, 0.6) is 0 Å². The van der Waals surface area contributed by atoms with E-state index in [1.165, 1.54) is 4.90 Å². The van der Waals surface area contributed by atoms with Crippen molar-refractivity contribution in [1.29, 1.82) is 0 Å². The number of anilines is 2. The molecule has 5 heteroatoms. The van der Waals surface area contributed by atoms with Crippen LogP contribution in [0.15, 0.2) is 42.5 Å². The van der Waals surface area contributed by atoms with Gasteiger partial charge in [-0.25, -0.2) is 0 Å². The number of carbonyl (C=O) groups excluding carboxylic acids is 2. The first-order valence-electron chi connectivity index (χ1n) is 7.80. The molecule has 0 unspecified atom stereocenters. The normalized spacial score (nSPS) is 10.2. The lowest BCUT2D eigenvalue weighted by atomic mass is 10.1. The summed E-state index contributed by atoms with van der Waals surface area (Å²) >= 11 is 0. The maximum absolute atomic E-state index is 12.1. The smallest absolute Gasteiger partial charge is 0.253 e. The molecule has 0 radical (unpaired) electrons. The summed E-state index contributed by atoms with van der Waals surface area (Å²) < 4.78 is 0. The summed E-state index contributed by atoms with van der Waals surface area (Å²) in [5.41, 5.74) is 4.44. The summed E-state index contributed by atoms with van der Waals surface area (Å²) in [6.07, 6.45) is 0. The van der Waals surface area contributed by atoms with E-state index < -0.39 is 0 Å². The lowest BCUT2D eigenvalue weighted by molar-refractivity contribution is -0.114. The van der Waals surface area contributed by atoms with Crippen LogP contribution in [0, 0.1) is 13.8 Å². The molecule has 2 N–H and O–H groups in total. The highest BCUT2D eigenvalue weighted by Gasteiger charge is 2.08. The molecule has 24 heavy (non-hydrogen) atoms. The minimum Gasteiger partial charge on any atom is -0.376 e. The molecular weight excluding hydrogens is 302 g/mol. The molecule has 0 bridgehead atoms. The molecule has 0 spiro atoms. The molecule has 0 saturated carbocycles. The van der Waals surface area contributed by atoms with E-state index in [9.17, 15) is 9.59 Å². The van der Waals surface area contributed by atoms with E-state index in [1.54, 1.807) is 38.4 Å². The summed E-state index contributed by atoms with van der Waals surface area (Å²) in [6.45, 7) is 4.16. The van der Waals surface area contributed by atoms with Crippen LogP contribution in [0.25, 0.3) is 0 Å². The average Bonchev–Trinajstić information content (AvgIpc) is 2.57. The quantitative estimate of drug-likeness (QED) is 0.888. The second kappa shape index (κ2) is 7.64. The monoisotopic (exact) mass is 325 g/mol. The molecule has 126 valence electrons. The summed E-state index contributed by atoms with van der Waals surface area (Å²) in [7, 11) is 3.43. The molecule has 5 nitrogen and oxygen atoms in total. The third kappa shape index (κ3) is 4.35. The van der Waals surface area contributed by atoms with E-state index >= 15 is 0 Å². The molecule has 0 heterocycles. The molecule has 0 saturated heterocycles. The Morgan fingerprint density at radius 1 is 1.00 bits per heavy atom. The van der Waals surface area contributed by atoms with Gasteiger partial charge < -0.3 is 15.5 Å². The van der Waals surface area contributed by atoms with Crippen LogP contribution < -0.4 is 10.6 Å². The van der Waals surface area contributed by atoms with Gasteiger partial charge in [0.1, 0.15) is 0 Å². The van der Waals surface area contributed by atoms with Gasteiger partial charge in [-0.05, 0) is 55.3 Å². The van der Waals surface area contributed by atoms with E-state index in [0.717, 1.165) is 22.5 Å². The predicted octanol–water partition coefficient (Wildman–Crippen LogP) is 3.06. The fourth-order valence-electron chi connectivity index (χ4n) is 2.25. The predicted molar refractivity (Wildman–Crippen MR) is 97.5 cm³/mol. The van der Waals surface area contributed by atoms with Crippen LogP contribution in [0.3, 0.4) is 0 Å². The zero-order valence-corrected chi connectivity index (χ0v) is 14.5. The Kier molecular flexibility index (Phi) is 5.58. The molecule has 0 fully saturated rings. The number of rotatable bonds is 5. The van der Waals surface area contributed by atoms with E-state index in [-0.39, 0.29) is 18.4 Å². The summed E-state index contributed by atoms with van der Waals surface area (Å²) in [5, 5.41) is 5.96. The minimum absolute atomic E-state index is 0.0470. The summed E-state index contributed by atoms with van der Waals surface area (Å²) in [6, 6.07) is 12.9. The molecule has 0 aromatic heterocycles. The van der Waals surface area contributed by atoms with Crippen molar-refractivity contribution in [1.82, 2.24) is 4.90 Å². The second-order valence-corrected chi connectivity index (χ2v) is 5.93. The molecule has 2 aromatic carbocycles. The lowest BCUT2D eigenvalue weighted by Crippen LogP contribution is -2.23. The van der Waals surface area contributed by atoms with Gasteiger partial charge in [-0.3, -0.25) is 9.59 Å². The number of carbonyl (C=O) groups is 2. The number of nitrogens with one attached hydrogen (secondary N) is 2. The molecule has 2 aromatic rings. The fourth-order valence-corrected chi connectivity index (χ4v) is 2.25. The molecule has 2 amide bonds. The topological polar surface area (TPSA) is 61.4 Å². The Morgan fingerprint density at radius 3 is 2.29 bits per heavy atom. The second-order valence-electron chi connectivity index (χ2n) is 5.93. The van der Waals surface area contributed by atoms with Crippen LogP contribution in [-0.4, -0.2) is 37.4 Å². The standard InChI is InChI=1S/C19H23N3O2/c1-13-6-5-7-17(14(13)2)21-18(23)12-20-16-10-8-15(9-11-16)19(24)22(3)4/h5-11,20H,12H2,1-4H3,(H,21,23). The highest BCUT2D eigenvalue weighted by Crippen LogP contribution is 2.18. The van der Waals surface area contributed by atoms with Gasteiger partial charge in [-0.15, -0.1) is 0 Å². The summed E-state index contributed by atoms with van der Waals surface area (Å²) in [4.78, 5) is 25.4. The number of hydrogen-bond acceptors (Lipinski definition) is 3. The van der Waals surface area contributed by atoms with Crippen molar-refractivity contribution in [3.8, 4) is 0 Å². The highest BCUT2D eigenvalue weighted by atomic mass is 16.2. The molecule has 0 atom stereocenters. The number of aryl methyl sites for hydroxylation is 1. The highest BCUT2D eigenvalue weighted by molar-refractivity contribution is 5.95. The van der Waals surface area contributed by atoms with Crippen LogP contribution in [0.2, 0.25) is 0 Å². The Labute approximate surface area is 142 Å². The van der Waals surface area contributed by atoms with Gasteiger partial charge >= 0.3 is 0 Å². The average molecular weight is 325 g/mol. The molecule has 0 aliphatic rings. The fraction of sp³-hybridized carbons (Fsp3) is 0.263. The third-order valence-electron chi connectivity index (χ3n) is 3.87. The van der Waals surface area contributed by atoms with Crippen molar-refractivity contribution in [2.45, 2.75) is 13.8 Å². The van der Waals surface area contributed by atoms with Crippen LogP contribution >= 0.6 is 0 Å². The Bertz CT molecular complexity index is 737. The van der Waals surface area contributed by atoms with Gasteiger partial charge in [-0.1, -0.05) is 12.1 Å². The Hall–Kier alpha value is -2.82. The van der Waals surface area contributed by atoms with Crippen molar-refractivity contribution >= 4 is 23.2 Å². The van der Waals surface area contributed by atoms with E-state index in [0.29, 0.717) is 5.56 Å². The molecule has 2 rings (SSSR count). The number of nitrogens with zero attached hydrogens (tertiary/aromatic N) is 1. The van der Waals surface area contributed by atoms with E-state index in [1.807, 2.05) is 32.0 Å². The van der Waals surface area contributed by atoms with Crippen molar-refractivity contribution in [2.24, 2.45) is 0 Å². The van der Waals surface area contributed by atoms with E-state index in [2.05, 4.69) is 10.6 Å². The first kappa shape index (κ1) is 17.5. The minimum atomic E-state index is -0.114. The van der Waals surface area contributed by atoms with Gasteiger partial charge in [0.15, 0.2) is 0 Å². The molecular formula is C19H23N3O2. The van der Waals surface area contributed by atoms with Gasteiger partial charge in [0, 0.05) is 31.0 Å². The van der Waals surface area contributed by atoms with Gasteiger partial charge in [0.2, 0.25) is 5.91 Å². The zero-order valence-electron chi connectivity index (χ0n) is 14.5. The number of amides is 2. The van der Waals surface area contributed by atoms with Crippen LogP contribution in [0.4, 0.5) is 11.4 Å². The Balaban J connectivity index is 1.92. The van der Waals surface area contributed by atoms with Gasteiger partial charge in [0.05, 0.1) is 6.54 Å². The maximum Gasteiger partial charge on any atom is 0.253 e. The van der Waals surface area contributed by atoms with Crippen molar-refractivity contribution in [3.05, 3.63) is 59.2 Å². The zero-order chi connectivity index (χ0) is 17.7. The van der Waals surface area contributed by atoms with Gasteiger partial charge in [-0.2, -0.15) is 0 Å². The molecule has 0 aliphatic carbocycles.